The zero-order valence-corrected chi connectivity index (χ0v) is 11.3. The molecule has 104 valence electrons. The smallest absolute Gasteiger partial charge is 0.235 e. The maximum Gasteiger partial charge on any atom is 0.235 e. The first kappa shape index (κ1) is 12.6. The molecular weight excluding hydrogens is 268 g/mol. The Morgan fingerprint density at radius 1 is 1.37 bits per heavy atom. The average Bonchev–Trinajstić information content (AvgIpc) is 2.63. The van der Waals surface area contributed by atoms with Crippen molar-refractivity contribution in [3.8, 4) is 0 Å². The van der Waals surface area contributed by atoms with Crippen LogP contribution in [0, 0.1) is 0 Å². The van der Waals surface area contributed by atoms with Crippen LogP contribution in [0.25, 0.3) is 0 Å². The summed E-state index contributed by atoms with van der Waals surface area (Å²) in [7, 11) is -3.22. The van der Waals surface area contributed by atoms with Gasteiger partial charge in [0, 0.05) is 12.1 Å². The molecule has 0 unspecified atom stereocenters. The third-order valence-electron chi connectivity index (χ3n) is 4.00. The second-order valence-corrected chi connectivity index (χ2v) is 7.25. The van der Waals surface area contributed by atoms with Gasteiger partial charge in [-0.3, -0.25) is 4.79 Å². The van der Waals surface area contributed by atoms with Gasteiger partial charge in [-0.1, -0.05) is 6.42 Å². The number of rotatable bonds is 3. The minimum absolute atomic E-state index is 0.221. The van der Waals surface area contributed by atoms with E-state index in [0.717, 1.165) is 29.5 Å². The summed E-state index contributed by atoms with van der Waals surface area (Å²) in [5.74, 6) is 0.325. The first-order valence-corrected chi connectivity index (χ1v) is 7.84. The summed E-state index contributed by atoms with van der Waals surface area (Å²) in [6.45, 7) is 0.639. The number of nitrogens with two attached hydrogens (primary N) is 1. The van der Waals surface area contributed by atoms with E-state index in [1.807, 2.05) is 0 Å². The van der Waals surface area contributed by atoms with E-state index in [4.69, 9.17) is 5.73 Å². The molecule has 8 heteroatoms. The summed E-state index contributed by atoms with van der Waals surface area (Å²) in [4.78, 5) is 10.8. The molecule has 2 heterocycles. The molecule has 1 fully saturated rings. The molecule has 0 bridgehead atoms. The predicted octanol–water partition coefficient (Wildman–Crippen LogP) is -0.256. The third-order valence-corrected chi connectivity index (χ3v) is 6.35. The quantitative estimate of drug-likeness (QED) is 0.771. The van der Waals surface area contributed by atoms with Crippen molar-refractivity contribution in [2.45, 2.75) is 37.5 Å². The number of carbonyl (C=O) groups excluding carboxylic acids is 1. The van der Waals surface area contributed by atoms with Gasteiger partial charge < -0.3 is 5.73 Å². The fourth-order valence-electron chi connectivity index (χ4n) is 2.59. The Bertz CT molecular complexity index is 618. The standard InChI is InChI=1S/C11H16N4O3S/c12-11-9-4-5-14(6-10(9)13-15(11)7-16)19(17,18)8-2-1-3-8/h7-8H,1-6,12H2. The summed E-state index contributed by atoms with van der Waals surface area (Å²) in [5, 5.41) is 3.82. The maximum atomic E-state index is 12.3. The number of sulfonamides is 1. The summed E-state index contributed by atoms with van der Waals surface area (Å²) >= 11 is 0. The molecule has 2 aliphatic rings. The van der Waals surface area contributed by atoms with E-state index in [0.29, 0.717) is 30.9 Å². The highest BCUT2D eigenvalue weighted by Crippen LogP contribution is 2.32. The van der Waals surface area contributed by atoms with Gasteiger partial charge in [0.25, 0.3) is 0 Å². The van der Waals surface area contributed by atoms with Gasteiger partial charge in [0.05, 0.1) is 17.5 Å². The Labute approximate surface area is 111 Å². The van der Waals surface area contributed by atoms with Crippen molar-refractivity contribution in [2.75, 3.05) is 12.3 Å². The Hall–Kier alpha value is -1.41. The summed E-state index contributed by atoms with van der Waals surface area (Å²) < 4.78 is 27.2. The molecule has 7 nitrogen and oxygen atoms in total. The molecule has 1 aromatic rings. The number of hydrogen-bond donors (Lipinski definition) is 1. The number of aromatic nitrogens is 2. The van der Waals surface area contributed by atoms with Gasteiger partial charge in [-0.25, -0.2) is 8.42 Å². The van der Waals surface area contributed by atoms with Gasteiger partial charge in [-0.2, -0.15) is 14.1 Å². The topological polar surface area (TPSA) is 98.3 Å². The van der Waals surface area contributed by atoms with E-state index in [1.54, 1.807) is 0 Å². The van der Waals surface area contributed by atoms with Gasteiger partial charge >= 0.3 is 0 Å². The molecule has 2 N–H and O–H groups in total. The number of fused-ring (bicyclic) bond motifs is 1. The Morgan fingerprint density at radius 2 is 2.11 bits per heavy atom. The molecule has 19 heavy (non-hydrogen) atoms. The first-order valence-electron chi connectivity index (χ1n) is 6.34. The SMILES string of the molecule is Nc1c2c(nn1C=O)CN(S(=O)(=O)C1CCC1)CC2. The maximum absolute atomic E-state index is 12.3. The van der Waals surface area contributed by atoms with Crippen LogP contribution in [0.5, 0.6) is 0 Å². The van der Waals surface area contributed by atoms with Crippen LogP contribution in [0.3, 0.4) is 0 Å². The summed E-state index contributed by atoms with van der Waals surface area (Å²) in [6.07, 6.45) is 3.53. The van der Waals surface area contributed by atoms with Gasteiger partial charge in [-0.15, -0.1) is 0 Å². The van der Waals surface area contributed by atoms with Crippen LogP contribution in [0.1, 0.15) is 30.5 Å². The lowest BCUT2D eigenvalue weighted by Crippen LogP contribution is -2.44. The highest BCUT2D eigenvalue weighted by atomic mass is 32.2. The number of anilines is 1. The van der Waals surface area contributed by atoms with Crippen LogP contribution in [0.15, 0.2) is 0 Å². The molecule has 0 atom stereocenters. The van der Waals surface area contributed by atoms with E-state index >= 15 is 0 Å². The zero-order chi connectivity index (χ0) is 13.6. The Morgan fingerprint density at radius 3 is 2.68 bits per heavy atom. The summed E-state index contributed by atoms with van der Waals surface area (Å²) in [6, 6.07) is 0. The number of hydrogen-bond acceptors (Lipinski definition) is 5. The van der Waals surface area contributed by atoms with Crippen molar-refractivity contribution >= 4 is 22.3 Å². The van der Waals surface area contributed by atoms with Gasteiger partial charge in [0.1, 0.15) is 5.82 Å². The van der Waals surface area contributed by atoms with Crippen molar-refractivity contribution in [3.05, 3.63) is 11.3 Å². The molecule has 0 amide bonds. The molecule has 3 rings (SSSR count). The minimum Gasteiger partial charge on any atom is -0.383 e. The van der Waals surface area contributed by atoms with Gasteiger partial charge in [0.15, 0.2) is 0 Å². The Kier molecular flexibility index (Phi) is 2.86. The second kappa shape index (κ2) is 4.31. The van der Waals surface area contributed by atoms with E-state index < -0.39 is 10.0 Å². The third kappa shape index (κ3) is 1.86. The average molecular weight is 284 g/mol. The first-order chi connectivity index (χ1) is 9.04. The van der Waals surface area contributed by atoms with E-state index in [-0.39, 0.29) is 11.8 Å². The van der Waals surface area contributed by atoms with Crippen LogP contribution in [-0.2, 0) is 27.8 Å². The van der Waals surface area contributed by atoms with Crippen molar-refractivity contribution in [2.24, 2.45) is 0 Å². The number of nitrogen functional groups attached to an aromatic ring is 1. The molecule has 1 aliphatic heterocycles. The lowest BCUT2D eigenvalue weighted by molar-refractivity contribution is 0.361. The minimum atomic E-state index is -3.22. The van der Waals surface area contributed by atoms with E-state index in [2.05, 4.69) is 5.10 Å². The van der Waals surface area contributed by atoms with Gasteiger partial charge in [0.2, 0.25) is 16.4 Å². The van der Waals surface area contributed by atoms with E-state index in [9.17, 15) is 13.2 Å². The van der Waals surface area contributed by atoms with Crippen LogP contribution >= 0.6 is 0 Å². The summed E-state index contributed by atoms with van der Waals surface area (Å²) in [5.41, 5.74) is 7.18. The highest BCUT2D eigenvalue weighted by Gasteiger charge is 2.38. The second-order valence-electron chi connectivity index (χ2n) is 5.04. The fraction of sp³-hybridized carbons (Fsp3) is 0.636. The van der Waals surface area contributed by atoms with E-state index in [1.165, 1.54) is 4.31 Å². The number of carbonyl (C=O) groups is 1. The molecule has 1 aliphatic carbocycles. The number of nitrogens with zero attached hydrogens (tertiary/aromatic N) is 3. The Balaban J connectivity index is 1.88. The fourth-order valence-corrected chi connectivity index (χ4v) is 4.59. The van der Waals surface area contributed by atoms with Crippen molar-refractivity contribution in [1.29, 1.82) is 0 Å². The van der Waals surface area contributed by atoms with Gasteiger partial charge in [-0.05, 0) is 19.3 Å². The lowest BCUT2D eigenvalue weighted by atomic mass is 10.0. The van der Waals surface area contributed by atoms with Crippen molar-refractivity contribution < 1.29 is 13.2 Å². The van der Waals surface area contributed by atoms with Crippen molar-refractivity contribution in [1.82, 2.24) is 14.1 Å². The molecule has 1 aromatic heterocycles. The molecule has 1 saturated carbocycles. The molecule has 0 spiro atoms. The van der Waals surface area contributed by atoms with Crippen LogP contribution < -0.4 is 5.73 Å². The molecule has 0 aromatic carbocycles. The predicted molar refractivity (Wildman–Crippen MR) is 69.5 cm³/mol. The molecular formula is C11H16N4O3S. The van der Waals surface area contributed by atoms with Crippen molar-refractivity contribution in [3.63, 3.8) is 0 Å². The monoisotopic (exact) mass is 284 g/mol. The van der Waals surface area contributed by atoms with Crippen LogP contribution in [-0.4, -0.2) is 40.7 Å². The van der Waals surface area contributed by atoms with Crippen LogP contribution in [0.4, 0.5) is 5.82 Å². The zero-order valence-electron chi connectivity index (χ0n) is 10.4. The normalized spacial score (nSPS) is 20.8. The largest absolute Gasteiger partial charge is 0.383 e. The molecule has 0 saturated heterocycles. The lowest BCUT2D eigenvalue weighted by Gasteiger charge is -2.33. The van der Waals surface area contributed by atoms with Crippen LogP contribution in [0.2, 0.25) is 0 Å². The molecule has 0 radical (unpaired) electrons. The highest BCUT2D eigenvalue weighted by molar-refractivity contribution is 7.89.